The van der Waals surface area contributed by atoms with Crippen LogP contribution in [0.15, 0.2) is 23.1 Å². The zero-order valence-electron chi connectivity index (χ0n) is 16.3. The molecule has 0 unspecified atom stereocenters. The van der Waals surface area contributed by atoms with Crippen molar-refractivity contribution in [1.29, 1.82) is 0 Å². The van der Waals surface area contributed by atoms with Gasteiger partial charge in [0.2, 0.25) is 21.8 Å². The number of benzene rings is 1. The number of imide groups is 1. The van der Waals surface area contributed by atoms with Gasteiger partial charge in [-0.15, -0.1) is 0 Å². The van der Waals surface area contributed by atoms with Crippen molar-refractivity contribution in [1.82, 2.24) is 9.21 Å². The molecule has 158 valence electrons. The van der Waals surface area contributed by atoms with Crippen LogP contribution in [0, 0.1) is 0 Å². The zero-order chi connectivity index (χ0) is 21.2. The Morgan fingerprint density at radius 2 is 1.69 bits per heavy atom. The van der Waals surface area contributed by atoms with Crippen LogP contribution in [0.5, 0.6) is 5.75 Å². The Bertz CT molecular complexity index is 907. The van der Waals surface area contributed by atoms with Gasteiger partial charge in [0.05, 0.1) is 24.3 Å². The largest absolute Gasteiger partial charge is 0.495 e. The average Bonchev–Trinajstić information content (AvgIpc) is 3.05. The van der Waals surface area contributed by atoms with Crippen molar-refractivity contribution in [2.45, 2.75) is 24.7 Å². The van der Waals surface area contributed by atoms with E-state index in [4.69, 9.17) is 9.47 Å². The molecular weight excluding hydrogens is 402 g/mol. The maximum atomic E-state index is 13.1. The fraction of sp³-hybridized carbons (Fsp3) is 0.500. The highest BCUT2D eigenvalue weighted by Crippen LogP contribution is 2.35. The summed E-state index contributed by atoms with van der Waals surface area (Å²) in [5, 5.41) is 0. The van der Waals surface area contributed by atoms with Gasteiger partial charge in [-0.3, -0.25) is 9.59 Å². The summed E-state index contributed by atoms with van der Waals surface area (Å²) in [6.45, 7) is 2.61. The van der Waals surface area contributed by atoms with Gasteiger partial charge in [0.1, 0.15) is 5.75 Å². The van der Waals surface area contributed by atoms with E-state index in [9.17, 15) is 22.8 Å². The van der Waals surface area contributed by atoms with Gasteiger partial charge in [0.25, 0.3) is 0 Å². The standard InChI is InChI=1S/C18H23N3O7S/c1-3-28-18(24)19-8-10-20(11-9-19)29(25,26)13-4-5-15(27-2)14(12-13)21-16(22)6-7-17(21)23/h4-5,12H,3,6-11H2,1-2H3. The number of methoxy groups -OCH3 is 1. The van der Waals surface area contributed by atoms with Crippen LogP contribution in [0.4, 0.5) is 10.5 Å². The van der Waals surface area contributed by atoms with Gasteiger partial charge >= 0.3 is 6.09 Å². The quantitative estimate of drug-likeness (QED) is 0.642. The zero-order valence-corrected chi connectivity index (χ0v) is 17.1. The van der Waals surface area contributed by atoms with Crippen LogP contribution in [-0.2, 0) is 24.3 Å². The molecule has 11 heteroatoms. The molecule has 0 N–H and O–H groups in total. The summed E-state index contributed by atoms with van der Waals surface area (Å²) < 4.78 is 37.6. The Morgan fingerprint density at radius 3 is 2.24 bits per heavy atom. The first-order valence-corrected chi connectivity index (χ1v) is 10.7. The van der Waals surface area contributed by atoms with Crippen LogP contribution in [0.25, 0.3) is 0 Å². The second-order valence-corrected chi connectivity index (χ2v) is 8.48. The lowest BCUT2D eigenvalue weighted by Gasteiger charge is -2.33. The van der Waals surface area contributed by atoms with E-state index >= 15 is 0 Å². The maximum Gasteiger partial charge on any atom is 0.409 e. The molecule has 2 saturated heterocycles. The van der Waals surface area contributed by atoms with Crippen LogP contribution >= 0.6 is 0 Å². The first-order valence-electron chi connectivity index (χ1n) is 9.25. The number of hydrogen-bond acceptors (Lipinski definition) is 7. The second-order valence-electron chi connectivity index (χ2n) is 6.55. The van der Waals surface area contributed by atoms with Gasteiger partial charge in [0, 0.05) is 39.0 Å². The van der Waals surface area contributed by atoms with Gasteiger partial charge in [-0.2, -0.15) is 4.31 Å². The molecule has 29 heavy (non-hydrogen) atoms. The highest BCUT2D eigenvalue weighted by Gasteiger charge is 2.35. The molecule has 0 radical (unpaired) electrons. The Hall–Kier alpha value is -2.66. The third-order valence-corrected chi connectivity index (χ3v) is 6.74. The van der Waals surface area contributed by atoms with E-state index in [2.05, 4.69) is 0 Å². The summed E-state index contributed by atoms with van der Waals surface area (Å²) in [5.41, 5.74) is 0.117. The monoisotopic (exact) mass is 425 g/mol. The molecule has 0 spiro atoms. The van der Waals surface area contributed by atoms with Crippen molar-refractivity contribution in [3.63, 3.8) is 0 Å². The number of carbonyl (C=O) groups is 3. The minimum Gasteiger partial charge on any atom is -0.495 e. The fourth-order valence-electron chi connectivity index (χ4n) is 3.33. The number of hydrogen-bond donors (Lipinski definition) is 0. The van der Waals surface area contributed by atoms with Gasteiger partial charge in [0.15, 0.2) is 0 Å². The number of piperazine rings is 1. The molecule has 0 aromatic heterocycles. The highest BCUT2D eigenvalue weighted by molar-refractivity contribution is 7.89. The molecular formula is C18H23N3O7S. The summed E-state index contributed by atoms with van der Waals surface area (Å²) in [6.07, 6.45) is -0.314. The third kappa shape index (κ3) is 4.06. The minimum absolute atomic E-state index is 0.0506. The number of ether oxygens (including phenoxy) is 2. The molecule has 0 atom stereocenters. The third-order valence-electron chi connectivity index (χ3n) is 4.85. The summed E-state index contributed by atoms with van der Waals surface area (Å²) in [5.74, 6) is -0.559. The number of nitrogens with zero attached hydrogens (tertiary/aromatic N) is 3. The van der Waals surface area contributed by atoms with E-state index in [1.807, 2.05) is 0 Å². The lowest BCUT2D eigenvalue weighted by Crippen LogP contribution is -2.50. The van der Waals surface area contributed by atoms with Crippen molar-refractivity contribution in [3.05, 3.63) is 18.2 Å². The molecule has 3 amide bonds. The van der Waals surface area contributed by atoms with Crippen LogP contribution < -0.4 is 9.64 Å². The van der Waals surface area contributed by atoms with Crippen LogP contribution in [-0.4, -0.2) is 75.4 Å². The molecule has 1 aromatic rings. The van der Waals surface area contributed by atoms with Gasteiger partial charge in [-0.25, -0.2) is 18.1 Å². The molecule has 1 aromatic carbocycles. The smallest absolute Gasteiger partial charge is 0.409 e. The van der Waals surface area contributed by atoms with E-state index in [0.717, 1.165) is 4.90 Å². The predicted octanol–water partition coefficient (Wildman–Crippen LogP) is 0.811. The van der Waals surface area contributed by atoms with E-state index < -0.39 is 27.9 Å². The summed E-state index contributed by atoms with van der Waals surface area (Å²) in [4.78, 5) is 38.4. The number of amides is 3. The molecule has 2 heterocycles. The van der Waals surface area contributed by atoms with Crippen molar-refractivity contribution < 1.29 is 32.3 Å². The maximum absolute atomic E-state index is 13.1. The highest BCUT2D eigenvalue weighted by atomic mass is 32.2. The van der Waals surface area contributed by atoms with Crippen LogP contribution in [0.2, 0.25) is 0 Å². The van der Waals surface area contributed by atoms with E-state index in [1.54, 1.807) is 6.92 Å². The van der Waals surface area contributed by atoms with E-state index in [1.165, 1.54) is 34.5 Å². The summed E-state index contributed by atoms with van der Waals surface area (Å²) in [7, 11) is -2.50. The molecule has 10 nitrogen and oxygen atoms in total. The molecule has 0 aliphatic carbocycles. The SMILES string of the molecule is CCOC(=O)N1CCN(S(=O)(=O)c2ccc(OC)c(N3C(=O)CCC3=O)c2)CC1. The second kappa shape index (κ2) is 8.37. The number of anilines is 1. The van der Waals surface area contributed by atoms with Crippen molar-refractivity contribution in [2.24, 2.45) is 0 Å². The minimum atomic E-state index is -3.89. The van der Waals surface area contributed by atoms with Crippen molar-refractivity contribution in [2.75, 3.05) is 44.8 Å². The van der Waals surface area contributed by atoms with Crippen LogP contribution in [0.1, 0.15) is 19.8 Å². The number of sulfonamides is 1. The Morgan fingerprint density at radius 1 is 1.07 bits per heavy atom. The molecule has 0 bridgehead atoms. The fourth-order valence-corrected chi connectivity index (χ4v) is 4.77. The first-order chi connectivity index (χ1) is 13.8. The Balaban J connectivity index is 1.85. The molecule has 2 fully saturated rings. The Kier molecular flexibility index (Phi) is 6.08. The lowest BCUT2D eigenvalue weighted by atomic mass is 10.2. The molecule has 3 rings (SSSR count). The van der Waals surface area contributed by atoms with Crippen molar-refractivity contribution in [3.8, 4) is 5.75 Å². The average molecular weight is 425 g/mol. The summed E-state index contributed by atoms with van der Waals surface area (Å²) in [6, 6.07) is 4.09. The van der Waals surface area contributed by atoms with Crippen molar-refractivity contribution >= 4 is 33.6 Å². The number of rotatable bonds is 5. The summed E-state index contributed by atoms with van der Waals surface area (Å²) >= 11 is 0. The molecule has 2 aliphatic rings. The Labute approximate surface area is 169 Å². The molecule has 2 aliphatic heterocycles. The number of carbonyl (C=O) groups excluding carboxylic acids is 3. The normalized spacial score (nSPS) is 18.3. The van der Waals surface area contributed by atoms with Gasteiger partial charge in [-0.05, 0) is 25.1 Å². The van der Waals surface area contributed by atoms with Gasteiger partial charge in [-0.1, -0.05) is 0 Å². The predicted molar refractivity (Wildman–Crippen MR) is 102 cm³/mol. The van der Waals surface area contributed by atoms with Gasteiger partial charge < -0.3 is 14.4 Å². The first kappa shape index (κ1) is 21.1. The molecule has 0 saturated carbocycles. The van der Waals surface area contributed by atoms with E-state index in [0.29, 0.717) is 0 Å². The lowest BCUT2D eigenvalue weighted by molar-refractivity contribution is -0.121. The van der Waals surface area contributed by atoms with E-state index in [-0.39, 0.29) is 62.0 Å². The topological polar surface area (TPSA) is 114 Å². The van der Waals surface area contributed by atoms with Crippen LogP contribution in [0.3, 0.4) is 0 Å².